The van der Waals surface area contributed by atoms with Crippen LogP contribution in [0.15, 0.2) is 42.7 Å². The number of H-pyrrole nitrogens is 1. The van der Waals surface area contributed by atoms with Crippen LogP contribution in [-0.2, 0) is 5.41 Å². The summed E-state index contributed by atoms with van der Waals surface area (Å²) in [4.78, 5) is 7.37. The van der Waals surface area contributed by atoms with Crippen molar-refractivity contribution in [1.29, 1.82) is 0 Å². The number of fused-ring (bicyclic) bond motifs is 2. The number of benzene rings is 1. The number of nitrogens with one attached hydrogen (secondary N) is 1. The molecule has 0 saturated carbocycles. The molecule has 2 nitrogen and oxygen atoms in total. The zero-order valence-corrected chi connectivity index (χ0v) is 15.0. The Morgan fingerprint density at radius 1 is 1.38 bits per heavy atom. The molecule has 24 heavy (non-hydrogen) atoms. The standard InChI is InChI=1S/C21H21ClN2/c1-6-21(4)16(22)10-14-18(19(21)23-5)12-11-24-15-9-7-8-13(17(12)15)20(14,2)3/h6-9,11,14,16,24H,1,10H2,2-4H3/t14-,16+,21-/m1/s1. The van der Waals surface area contributed by atoms with Gasteiger partial charge in [0, 0.05) is 27.9 Å². The normalized spacial score (nSPS) is 30.8. The van der Waals surface area contributed by atoms with E-state index >= 15 is 0 Å². The van der Waals surface area contributed by atoms with Gasteiger partial charge in [-0.1, -0.05) is 39.0 Å². The Hall–Kier alpha value is -1.98. The third-order valence-electron chi connectivity index (χ3n) is 6.30. The lowest BCUT2D eigenvalue weighted by Gasteiger charge is -2.49. The zero-order valence-electron chi connectivity index (χ0n) is 14.3. The summed E-state index contributed by atoms with van der Waals surface area (Å²) in [5.41, 5.74) is 5.04. The van der Waals surface area contributed by atoms with Gasteiger partial charge >= 0.3 is 0 Å². The van der Waals surface area contributed by atoms with Crippen molar-refractivity contribution in [2.75, 3.05) is 0 Å². The molecular weight excluding hydrogens is 316 g/mol. The molecule has 0 fully saturated rings. The first-order valence-corrected chi connectivity index (χ1v) is 8.80. The van der Waals surface area contributed by atoms with E-state index in [0.717, 1.165) is 17.6 Å². The Bertz CT molecular complexity index is 940. The Morgan fingerprint density at radius 2 is 2.12 bits per heavy atom. The van der Waals surface area contributed by atoms with Gasteiger partial charge in [0.05, 0.1) is 6.57 Å². The first kappa shape index (κ1) is 15.5. The van der Waals surface area contributed by atoms with Crippen molar-refractivity contribution < 1.29 is 0 Å². The Labute approximate surface area is 148 Å². The van der Waals surface area contributed by atoms with Crippen molar-refractivity contribution in [1.82, 2.24) is 4.98 Å². The fourth-order valence-corrected chi connectivity index (χ4v) is 5.04. The molecule has 122 valence electrons. The summed E-state index contributed by atoms with van der Waals surface area (Å²) in [6, 6.07) is 6.44. The lowest BCUT2D eigenvalue weighted by molar-refractivity contribution is 0.307. The van der Waals surface area contributed by atoms with Gasteiger partial charge in [0.2, 0.25) is 0 Å². The average molecular weight is 337 g/mol. The van der Waals surface area contributed by atoms with Crippen molar-refractivity contribution in [3.63, 3.8) is 0 Å². The van der Waals surface area contributed by atoms with E-state index in [4.69, 9.17) is 18.2 Å². The smallest absolute Gasteiger partial charge is 0.180 e. The summed E-state index contributed by atoms with van der Waals surface area (Å²) in [6.45, 7) is 18.5. The number of hydrogen-bond donors (Lipinski definition) is 1. The number of hydrogen-bond acceptors (Lipinski definition) is 0. The van der Waals surface area contributed by atoms with Crippen LogP contribution >= 0.6 is 11.6 Å². The van der Waals surface area contributed by atoms with Crippen molar-refractivity contribution in [3.8, 4) is 0 Å². The summed E-state index contributed by atoms with van der Waals surface area (Å²) < 4.78 is 0. The van der Waals surface area contributed by atoms with Crippen LogP contribution < -0.4 is 0 Å². The molecule has 1 heterocycles. The molecule has 3 atom stereocenters. The van der Waals surface area contributed by atoms with E-state index in [-0.39, 0.29) is 16.7 Å². The molecule has 2 aliphatic rings. The third-order valence-corrected chi connectivity index (χ3v) is 6.94. The predicted molar refractivity (Wildman–Crippen MR) is 101 cm³/mol. The number of halogens is 1. The molecule has 1 aromatic carbocycles. The zero-order chi connectivity index (χ0) is 17.3. The first-order chi connectivity index (χ1) is 11.4. The Kier molecular flexibility index (Phi) is 3.09. The second kappa shape index (κ2) is 4.77. The van der Waals surface area contributed by atoms with Crippen LogP contribution in [0.2, 0.25) is 0 Å². The molecule has 0 amide bonds. The van der Waals surface area contributed by atoms with Gasteiger partial charge in [-0.3, -0.25) is 0 Å². The second-order valence-electron chi connectivity index (χ2n) is 7.77. The fourth-order valence-electron chi connectivity index (χ4n) is 4.67. The number of nitrogens with zero attached hydrogens (tertiary/aromatic N) is 1. The molecule has 0 radical (unpaired) electrons. The second-order valence-corrected chi connectivity index (χ2v) is 8.30. The maximum absolute atomic E-state index is 7.88. The lowest BCUT2D eigenvalue weighted by Crippen LogP contribution is -2.43. The molecule has 0 saturated heterocycles. The summed E-state index contributed by atoms with van der Waals surface area (Å²) in [5, 5.41) is 1.14. The van der Waals surface area contributed by atoms with E-state index in [1.807, 2.05) is 13.0 Å². The Balaban J connectivity index is 2.18. The highest BCUT2D eigenvalue weighted by atomic mass is 35.5. The van der Waals surface area contributed by atoms with E-state index < -0.39 is 5.41 Å². The minimum Gasteiger partial charge on any atom is -0.361 e. The van der Waals surface area contributed by atoms with E-state index in [9.17, 15) is 0 Å². The van der Waals surface area contributed by atoms with Crippen LogP contribution in [0, 0.1) is 17.9 Å². The van der Waals surface area contributed by atoms with Gasteiger partial charge < -0.3 is 4.98 Å². The van der Waals surface area contributed by atoms with Crippen LogP contribution in [0.25, 0.3) is 21.3 Å². The monoisotopic (exact) mass is 336 g/mol. The molecular formula is C21H21ClN2. The molecule has 0 aliphatic heterocycles. The molecule has 2 aliphatic carbocycles. The van der Waals surface area contributed by atoms with Crippen LogP contribution in [0.5, 0.6) is 0 Å². The van der Waals surface area contributed by atoms with Crippen LogP contribution in [0.4, 0.5) is 0 Å². The molecule has 2 aromatic rings. The largest absolute Gasteiger partial charge is 0.361 e. The van der Waals surface area contributed by atoms with E-state index in [1.165, 1.54) is 22.1 Å². The van der Waals surface area contributed by atoms with Crippen molar-refractivity contribution in [2.45, 2.75) is 38.0 Å². The summed E-state index contributed by atoms with van der Waals surface area (Å²) >= 11 is 6.79. The van der Waals surface area contributed by atoms with Gasteiger partial charge in [0.1, 0.15) is 0 Å². The van der Waals surface area contributed by atoms with Crippen LogP contribution in [-0.4, -0.2) is 10.4 Å². The molecule has 1 aromatic heterocycles. The van der Waals surface area contributed by atoms with Crippen molar-refractivity contribution in [3.05, 3.63) is 65.3 Å². The number of aromatic amines is 1. The maximum atomic E-state index is 7.88. The molecule has 0 bridgehead atoms. The maximum Gasteiger partial charge on any atom is 0.180 e. The quantitative estimate of drug-likeness (QED) is 0.379. The van der Waals surface area contributed by atoms with Gasteiger partial charge in [0.15, 0.2) is 5.70 Å². The highest BCUT2D eigenvalue weighted by Crippen LogP contribution is 2.59. The lowest BCUT2D eigenvalue weighted by atomic mass is 9.57. The summed E-state index contributed by atoms with van der Waals surface area (Å²) in [7, 11) is 0. The molecule has 1 N–H and O–H groups in total. The Morgan fingerprint density at radius 3 is 2.79 bits per heavy atom. The molecule has 4 rings (SSSR count). The average Bonchev–Trinajstić information content (AvgIpc) is 2.99. The third kappa shape index (κ3) is 1.66. The van der Waals surface area contributed by atoms with Gasteiger partial charge in [-0.15, -0.1) is 18.2 Å². The van der Waals surface area contributed by atoms with E-state index in [0.29, 0.717) is 0 Å². The minimum absolute atomic E-state index is 0.0599. The topological polar surface area (TPSA) is 20.1 Å². The highest BCUT2D eigenvalue weighted by molar-refractivity contribution is 6.22. The van der Waals surface area contributed by atoms with E-state index in [1.54, 1.807) is 0 Å². The SMILES string of the molecule is [C-]#[N+]C1=C2c3c[nH]c4cccc(c34)C(C)(C)[C@@H]2C[C@H](Cl)[C@@]1(C)C=C. The number of aromatic nitrogens is 1. The molecule has 0 spiro atoms. The number of alkyl halides is 1. The van der Waals surface area contributed by atoms with Gasteiger partial charge in [-0.2, -0.15) is 0 Å². The van der Waals surface area contributed by atoms with Gasteiger partial charge in [0.25, 0.3) is 0 Å². The molecule has 3 heteroatoms. The van der Waals surface area contributed by atoms with Crippen LogP contribution in [0.1, 0.15) is 38.3 Å². The predicted octanol–water partition coefficient (Wildman–Crippen LogP) is 5.91. The number of rotatable bonds is 1. The first-order valence-electron chi connectivity index (χ1n) is 8.37. The van der Waals surface area contributed by atoms with Gasteiger partial charge in [-0.05, 0) is 40.5 Å². The minimum atomic E-state index is -0.485. The fraction of sp³-hybridized carbons (Fsp3) is 0.381. The van der Waals surface area contributed by atoms with Crippen molar-refractivity contribution >= 4 is 28.1 Å². The number of allylic oxidation sites excluding steroid dienone is 2. The summed E-state index contributed by atoms with van der Waals surface area (Å²) in [5.74, 6) is 0.242. The van der Waals surface area contributed by atoms with E-state index in [2.05, 4.69) is 54.7 Å². The summed E-state index contributed by atoms with van der Waals surface area (Å²) in [6.07, 6.45) is 4.78. The van der Waals surface area contributed by atoms with Crippen LogP contribution in [0.3, 0.4) is 0 Å². The molecule has 0 unspecified atom stereocenters. The highest BCUT2D eigenvalue weighted by Gasteiger charge is 2.51. The van der Waals surface area contributed by atoms with Crippen molar-refractivity contribution in [2.24, 2.45) is 11.3 Å². The van der Waals surface area contributed by atoms with Gasteiger partial charge in [-0.25, -0.2) is 4.85 Å².